The predicted octanol–water partition coefficient (Wildman–Crippen LogP) is 2.90. The third kappa shape index (κ3) is 4.32. The maximum atomic E-state index is 8.98. The highest BCUT2D eigenvalue weighted by Crippen LogP contribution is 2.18. The third-order valence-electron chi connectivity index (χ3n) is 2.86. The van der Waals surface area contributed by atoms with Gasteiger partial charge in [-0.25, -0.2) is 0 Å². The van der Waals surface area contributed by atoms with Gasteiger partial charge in [0.2, 0.25) is 0 Å². The zero-order valence-electron chi connectivity index (χ0n) is 12.0. The number of aromatic nitrogens is 1. The number of hydrogen-bond acceptors (Lipinski definition) is 6. The maximum absolute atomic E-state index is 8.98. The average molecular weight is 301 g/mol. The van der Waals surface area contributed by atoms with E-state index in [-0.39, 0.29) is 11.3 Å². The van der Waals surface area contributed by atoms with Crippen LogP contribution < -0.4 is 10.1 Å². The summed E-state index contributed by atoms with van der Waals surface area (Å²) in [7, 11) is 0. The van der Waals surface area contributed by atoms with Gasteiger partial charge >= 0.3 is 0 Å². The number of ether oxygens (including phenoxy) is 1. The van der Waals surface area contributed by atoms with E-state index in [1.165, 1.54) is 0 Å². The molecule has 23 heavy (non-hydrogen) atoms. The second-order valence-electron chi connectivity index (χ2n) is 4.38. The lowest BCUT2D eigenvalue weighted by atomic mass is 10.2. The first kappa shape index (κ1) is 15.6. The van der Waals surface area contributed by atoms with Crippen LogP contribution in [0.15, 0.2) is 60.1 Å². The van der Waals surface area contributed by atoms with Crippen LogP contribution in [0.3, 0.4) is 0 Å². The predicted molar refractivity (Wildman–Crippen MR) is 82.5 cm³/mol. The van der Waals surface area contributed by atoms with Gasteiger partial charge in [-0.15, -0.1) is 0 Å². The normalized spacial score (nSPS) is 8.91. The molecule has 1 aromatic heterocycles. The molecule has 1 N–H and O–H groups in total. The van der Waals surface area contributed by atoms with E-state index in [1.54, 1.807) is 54.9 Å². The Balaban J connectivity index is 2.03. The molecule has 0 radical (unpaired) electrons. The SMILES string of the molecule is N#CC(C#N)=C(C#N)Nc1ccc(OCc2ccncc2)cc1. The molecule has 0 saturated carbocycles. The zero-order chi connectivity index (χ0) is 16.5. The highest BCUT2D eigenvalue weighted by Gasteiger charge is 2.06. The Kier molecular flexibility index (Phi) is 5.30. The fraction of sp³-hybridized carbons (Fsp3) is 0.0588. The summed E-state index contributed by atoms with van der Waals surface area (Å²) in [5.41, 5.74) is 1.25. The van der Waals surface area contributed by atoms with Gasteiger partial charge in [0.1, 0.15) is 36.3 Å². The van der Waals surface area contributed by atoms with Gasteiger partial charge in [-0.2, -0.15) is 15.8 Å². The van der Waals surface area contributed by atoms with Gasteiger partial charge in [0.25, 0.3) is 0 Å². The standard InChI is InChI=1S/C17H11N5O/c18-9-14(10-19)17(11-20)22-15-1-3-16(4-2-15)23-12-13-5-7-21-8-6-13/h1-8,22H,12H2. The smallest absolute Gasteiger partial charge is 0.163 e. The molecule has 0 saturated heterocycles. The van der Waals surface area contributed by atoms with Crippen molar-refractivity contribution in [3.63, 3.8) is 0 Å². The van der Waals surface area contributed by atoms with Crippen LogP contribution in [0.4, 0.5) is 5.69 Å². The van der Waals surface area contributed by atoms with E-state index in [4.69, 9.17) is 20.5 Å². The summed E-state index contributed by atoms with van der Waals surface area (Å²) in [6.07, 6.45) is 3.40. The minimum Gasteiger partial charge on any atom is -0.489 e. The van der Waals surface area contributed by atoms with E-state index < -0.39 is 0 Å². The van der Waals surface area contributed by atoms with E-state index in [2.05, 4.69) is 10.3 Å². The molecular formula is C17H11N5O. The van der Waals surface area contributed by atoms with E-state index in [0.29, 0.717) is 18.0 Å². The Bertz CT molecular complexity index is 805. The Morgan fingerprint density at radius 3 is 2.17 bits per heavy atom. The van der Waals surface area contributed by atoms with Gasteiger partial charge in [-0.3, -0.25) is 4.98 Å². The van der Waals surface area contributed by atoms with E-state index in [1.807, 2.05) is 12.1 Å². The van der Waals surface area contributed by atoms with Gasteiger partial charge in [-0.1, -0.05) is 0 Å². The molecule has 1 heterocycles. The largest absolute Gasteiger partial charge is 0.489 e. The van der Waals surface area contributed by atoms with E-state index in [9.17, 15) is 0 Å². The monoisotopic (exact) mass is 301 g/mol. The van der Waals surface area contributed by atoms with Gasteiger partial charge in [-0.05, 0) is 42.0 Å². The second-order valence-corrected chi connectivity index (χ2v) is 4.38. The molecule has 0 amide bonds. The molecule has 1 aromatic carbocycles. The molecule has 110 valence electrons. The first-order valence-corrected chi connectivity index (χ1v) is 6.60. The van der Waals surface area contributed by atoms with Crippen molar-refractivity contribution in [2.75, 3.05) is 5.32 Å². The Morgan fingerprint density at radius 1 is 0.957 bits per heavy atom. The molecule has 2 aromatic rings. The molecule has 2 rings (SSSR count). The summed E-state index contributed by atoms with van der Waals surface area (Å²) >= 11 is 0. The first-order valence-electron chi connectivity index (χ1n) is 6.60. The zero-order valence-corrected chi connectivity index (χ0v) is 12.0. The fourth-order valence-electron chi connectivity index (χ4n) is 1.71. The summed E-state index contributed by atoms with van der Waals surface area (Å²) in [6, 6.07) is 15.8. The number of nitrogens with zero attached hydrogens (tertiary/aromatic N) is 4. The number of rotatable bonds is 5. The molecule has 0 atom stereocenters. The highest BCUT2D eigenvalue weighted by molar-refractivity contribution is 5.58. The first-order chi connectivity index (χ1) is 11.3. The molecule has 0 unspecified atom stereocenters. The van der Waals surface area contributed by atoms with Crippen molar-refractivity contribution in [2.24, 2.45) is 0 Å². The lowest BCUT2D eigenvalue weighted by molar-refractivity contribution is 0.306. The molecule has 0 spiro atoms. The van der Waals surface area contributed by atoms with Gasteiger partial charge in [0.05, 0.1) is 0 Å². The van der Waals surface area contributed by atoms with Crippen LogP contribution in [0, 0.1) is 34.0 Å². The minimum absolute atomic E-state index is 0.0829. The summed E-state index contributed by atoms with van der Waals surface area (Å²) in [4.78, 5) is 3.94. The molecule has 6 nitrogen and oxygen atoms in total. The van der Waals surface area contributed by atoms with Crippen LogP contribution in [0.2, 0.25) is 0 Å². The van der Waals surface area contributed by atoms with Crippen molar-refractivity contribution in [2.45, 2.75) is 6.61 Å². The number of anilines is 1. The molecular weight excluding hydrogens is 290 g/mol. The van der Waals surface area contributed by atoms with Crippen LogP contribution in [0.5, 0.6) is 5.75 Å². The number of benzene rings is 1. The maximum Gasteiger partial charge on any atom is 0.163 e. The van der Waals surface area contributed by atoms with Crippen LogP contribution >= 0.6 is 0 Å². The van der Waals surface area contributed by atoms with Crippen LogP contribution in [-0.2, 0) is 6.61 Å². The van der Waals surface area contributed by atoms with E-state index in [0.717, 1.165) is 5.56 Å². The minimum atomic E-state index is -0.259. The summed E-state index contributed by atoms with van der Waals surface area (Å²) in [5.74, 6) is 0.663. The average Bonchev–Trinajstić information content (AvgIpc) is 2.62. The van der Waals surface area contributed by atoms with Crippen molar-refractivity contribution in [3.05, 3.63) is 65.6 Å². The number of allylic oxidation sites excluding steroid dienone is 2. The lowest BCUT2D eigenvalue weighted by Crippen LogP contribution is -2.01. The van der Waals surface area contributed by atoms with Crippen molar-refractivity contribution in [3.8, 4) is 24.0 Å². The van der Waals surface area contributed by atoms with Gasteiger partial charge in [0.15, 0.2) is 5.57 Å². The van der Waals surface area contributed by atoms with Crippen molar-refractivity contribution < 1.29 is 4.74 Å². The van der Waals surface area contributed by atoms with Crippen LogP contribution in [0.1, 0.15) is 5.56 Å². The van der Waals surface area contributed by atoms with Crippen molar-refractivity contribution in [1.29, 1.82) is 15.8 Å². The van der Waals surface area contributed by atoms with Gasteiger partial charge in [0, 0.05) is 18.1 Å². The summed E-state index contributed by atoms with van der Waals surface area (Å²) < 4.78 is 5.63. The Hall–Kier alpha value is -3.82. The second kappa shape index (κ2) is 7.83. The summed E-state index contributed by atoms with van der Waals surface area (Å²) in [5, 5.41) is 29.3. The van der Waals surface area contributed by atoms with Crippen molar-refractivity contribution >= 4 is 5.69 Å². The van der Waals surface area contributed by atoms with Crippen LogP contribution in [0.25, 0.3) is 0 Å². The van der Waals surface area contributed by atoms with Crippen molar-refractivity contribution in [1.82, 2.24) is 4.98 Å². The topological polar surface area (TPSA) is 106 Å². The summed E-state index contributed by atoms with van der Waals surface area (Å²) in [6.45, 7) is 0.422. The third-order valence-corrected chi connectivity index (χ3v) is 2.86. The van der Waals surface area contributed by atoms with E-state index >= 15 is 0 Å². The number of hydrogen-bond donors (Lipinski definition) is 1. The molecule has 0 aliphatic carbocycles. The van der Waals surface area contributed by atoms with Gasteiger partial charge < -0.3 is 10.1 Å². The number of nitrogens with one attached hydrogen (secondary N) is 1. The molecule has 0 bridgehead atoms. The molecule has 0 aliphatic rings. The Labute approximate surface area is 133 Å². The number of pyridine rings is 1. The fourth-order valence-corrected chi connectivity index (χ4v) is 1.71. The highest BCUT2D eigenvalue weighted by atomic mass is 16.5. The van der Waals surface area contributed by atoms with Crippen LogP contribution in [-0.4, -0.2) is 4.98 Å². The molecule has 6 heteroatoms. The number of nitriles is 3. The molecule has 0 aliphatic heterocycles. The lowest BCUT2D eigenvalue weighted by Gasteiger charge is -2.08. The quantitative estimate of drug-likeness (QED) is 0.851. The Morgan fingerprint density at radius 2 is 1.61 bits per heavy atom. The molecule has 0 fully saturated rings.